The molecule has 0 bridgehead atoms. The van der Waals surface area contributed by atoms with Crippen LogP contribution in [-0.2, 0) is 16.0 Å². The Kier molecular flexibility index (Phi) is 5.26. The van der Waals surface area contributed by atoms with Crippen molar-refractivity contribution in [1.82, 2.24) is 0 Å². The molecule has 0 heterocycles. The SMILES string of the molecule is C=C(CCC(=O)O)c1ccc(C[C@H](N)C(=O)O)cc1. The number of rotatable bonds is 7. The Morgan fingerprint density at radius 3 is 2.21 bits per heavy atom. The maximum absolute atomic E-state index is 10.6. The number of aliphatic carboxylic acids is 2. The highest BCUT2D eigenvalue weighted by Crippen LogP contribution is 2.18. The van der Waals surface area contributed by atoms with Gasteiger partial charge in [-0.05, 0) is 29.5 Å². The van der Waals surface area contributed by atoms with Crippen LogP contribution >= 0.6 is 0 Å². The van der Waals surface area contributed by atoms with Crippen LogP contribution in [0.1, 0.15) is 24.0 Å². The summed E-state index contributed by atoms with van der Waals surface area (Å²) in [5, 5.41) is 17.3. The molecule has 1 aromatic rings. The Labute approximate surface area is 111 Å². The van der Waals surface area contributed by atoms with E-state index in [0.29, 0.717) is 6.42 Å². The van der Waals surface area contributed by atoms with Gasteiger partial charge >= 0.3 is 11.9 Å². The van der Waals surface area contributed by atoms with Crippen LogP contribution in [0.4, 0.5) is 0 Å². The van der Waals surface area contributed by atoms with E-state index in [1.54, 1.807) is 24.3 Å². The molecular formula is C14H17NO4. The van der Waals surface area contributed by atoms with Crippen LogP contribution in [0.5, 0.6) is 0 Å². The van der Waals surface area contributed by atoms with Crippen LogP contribution in [0, 0.1) is 0 Å². The second kappa shape index (κ2) is 6.70. The molecule has 1 rings (SSSR count). The third-order valence-corrected chi connectivity index (χ3v) is 2.78. The molecule has 0 aliphatic heterocycles. The number of allylic oxidation sites excluding steroid dienone is 1. The third-order valence-electron chi connectivity index (χ3n) is 2.78. The normalized spacial score (nSPS) is 11.8. The van der Waals surface area contributed by atoms with Gasteiger partial charge < -0.3 is 15.9 Å². The Morgan fingerprint density at radius 1 is 1.16 bits per heavy atom. The zero-order chi connectivity index (χ0) is 14.4. The van der Waals surface area contributed by atoms with Crippen molar-refractivity contribution >= 4 is 17.5 Å². The number of carboxylic acids is 2. The van der Waals surface area contributed by atoms with Gasteiger partial charge in [0.25, 0.3) is 0 Å². The van der Waals surface area contributed by atoms with Crippen LogP contribution in [0.3, 0.4) is 0 Å². The molecule has 0 aliphatic rings. The van der Waals surface area contributed by atoms with Crippen molar-refractivity contribution in [1.29, 1.82) is 0 Å². The van der Waals surface area contributed by atoms with Gasteiger partial charge in [0.15, 0.2) is 0 Å². The first kappa shape index (κ1) is 14.9. The monoisotopic (exact) mass is 263 g/mol. The zero-order valence-corrected chi connectivity index (χ0v) is 10.5. The standard InChI is InChI=1S/C14H17NO4/c1-9(2-7-13(16)17)11-5-3-10(4-6-11)8-12(15)14(18)19/h3-6,12H,1-2,7-8,15H2,(H,16,17)(H,18,19)/t12-/m0/s1. The Balaban J connectivity index is 2.63. The van der Waals surface area contributed by atoms with Crippen LogP contribution in [0.25, 0.3) is 5.57 Å². The predicted molar refractivity (Wildman–Crippen MR) is 71.7 cm³/mol. The van der Waals surface area contributed by atoms with E-state index in [9.17, 15) is 9.59 Å². The molecule has 1 aromatic carbocycles. The van der Waals surface area contributed by atoms with E-state index in [2.05, 4.69) is 6.58 Å². The maximum Gasteiger partial charge on any atom is 0.320 e. The average Bonchev–Trinajstić information content (AvgIpc) is 2.36. The Hall–Kier alpha value is -2.14. The van der Waals surface area contributed by atoms with E-state index < -0.39 is 18.0 Å². The van der Waals surface area contributed by atoms with E-state index >= 15 is 0 Å². The summed E-state index contributed by atoms with van der Waals surface area (Å²) in [7, 11) is 0. The van der Waals surface area contributed by atoms with Gasteiger partial charge in [-0.25, -0.2) is 0 Å². The van der Waals surface area contributed by atoms with Crippen LogP contribution in [0.2, 0.25) is 0 Å². The predicted octanol–water partition coefficient (Wildman–Crippen LogP) is 1.52. The summed E-state index contributed by atoms with van der Waals surface area (Å²) in [5.74, 6) is -1.89. The topological polar surface area (TPSA) is 101 Å². The molecule has 0 saturated carbocycles. The van der Waals surface area contributed by atoms with Crippen molar-refractivity contribution < 1.29 is 19.8 Å². The molecule has 0 spiro atoms. The number of nitrogens with two attached hydrogens (primary N) is 1. The number of carbonyl (C=O) groups is 2. The molecule has 0 aliphatic carbocycles. The minimum atomic E-state index is -1.03. The number of hydrogen-bond donors (Lipinski definition) is 3. The lowest BCUT2D eigenvalue weighted by molar-refractivity contribution is -0.138. The minimum absolute atomic E-state index is 0.0461. The van der Waals surface area contributed by atoms with Crippen LogP contribution < -0.4 is 5.73 Å². The zero-order valence-electron chi connectivity index (χ0n) is 10.5. The fourth-order valence-electron chi connectivity index (χ4n) is 1.62. The molecule has 0 aromatic heterocycles. The van der Waals surface area contributed by atoms with Gasteiger partial charge in [0.1, 0.15) is 6.04 Å². The largest absolute Gasteiger partial charge is 0.481 e. The van der Waals surface area contributed by atoms with Gasteiger partial charge in [-0.1, -0.05) is 30.8 Å². The summed E-state index contributed by atoms with van der Waals surface area (Å²) in [6, 6.07) is 6.25. The summed E-state index contributed by atoms with van der Waals surface area (Å²) in [5.41, 5.74) is 7.87. The molecule has 19 heavy (non-hydrogen) atoms. The molecule has 102 valence electrons. The summed E-state index contributed by atoms with van der Waals surface area (Å²) < 4.78 is 0. The number of hydrogen-bond acceptors (Lipinski definition) is 3. The molecule has 0 fully saturated rings. The fraction of sp³-hybridized carbons (Fsp3) is 0.286. The summed E-state index contributed by atoms with van der Waals surface area (Å²) in [6.07, 6.45) is 0.699. The Bertz CT molecular complexity index is 479. The van der Waals surface area contributed by atoms with Crippen molar-refractivity contribution in [3.05, 3.63) is 42.0 Å². The maximum atomic E-state index is 10.6. The van der Waals surface area contributed by atoms with Gasteiger partial charge in [-0.15, -0.1) is 0 Å². The van der Waals surface area contributed by atoms with Crippen molar-refractivity contribution in [2.45, 2.75) is 25.3 Å². The molecule has 5 nitrogen and oxygen atoms in total. The van der Waals surface area contributed by atoms with Gasteiger partial charge in [-0.2, -0.15) is 0 Å². The smallest absolute Gasteiger partial charge is 0.320 e. The van der Waals surface area contributed by atoms with Gasteiger partial charge in [0, 0.05) is 6.42 Å². The summed E-state index contributed by atoms with van der Waals surface area (Å²) in [6.45, 7) is 3.83. The molecule has 4 N–H and O–H groups in total. The first-order valence-corrected chi connectivity index (χ1v) is 5.87. The molecule has 0 unspecified atom stereocenters. The minimum Gasteiger partial charge on any atom is -0.481 e. The van der Waals surface area contributed by atoms with E-state index in [1.807, 2.05) is 0 Å². The lowest BCUT2D eigenvalue weighted by Gasteiger charge is -2.08. The molecule has 5 heteroatoms. The van der Waals surface area contributed by atoms with Crippen molar-refractivity contribution in [3.8, 4) is 0 Å². The number of carboxylic acid groups (broad SMARTS) is 2. The van der Waals surface area contributed by atoms with E-state index in [4.69, 9.17) is 15.9 Å². The highest BCUT2D eigenvalue weighted by Gasteiger charge is 2.12. The quantitative estimate of drug-likeness (QED) is 0.692. The first-order chi connectivity index (χ1) is 8.90. The van der Waals surface area contributed by atoms with E-state index in [0.717, 1.165) is 16.7 Å². The van der Waals surface area contributed by atoms with Gasteiger partial charge in [-0.3, -0.25) is 9.59 Å². The lowest BCUT2D eigenvalue weighted by Crippen LogP contribution is -2.32. The highest BCUT2D eigenvalue weighted by atomic mass is 16.4. The molecule has 1 atom stereocenters. The van der Waals surface area contributed by atoms with Gasteiger partial charge in [0.2, 0.25) is 0 Å². The molecular weight excluding hydrogens is 246 g/mol. The average molecular weight is 263 g/mol. The highest BCUT2D eigenvalue weighted by molar-refractivity contribution is 5.74. The second-order valence-electron chi connectivity index (χ2n) is 4.34. The van der Waals surface area contributed by atoms with Crippen molar-refractivity contribution in [3.63, 3.8) is 0 Å². The van der Waals surface area contributed by atoms with Crippen LogP contribution in [0.15, 0.2) is 30.8 Å². The number of benzene rings is 1. The van der Waals surface area contributed by atoms with Crippen LogP contribution in [-0.4, -0.2) is 28.2 Å². The van der Waals surface area contributed by atoms with Crippen molar-refractivity contribution in [2.75, 3.05) is 0 Å². The molecule has 0 saturated heterocycles. The molecule has 0 radical (unpaired) electrons. The molecule has 0 amide bonds. The second-order valence-corrected chi connectivity index (χ2v) is 4.34. The third kappa shape index (κ3) is 4.93. The lowest BCUT2D eigenvalue weighted by atomic mass is 9.99. The summed E-state index contributed by atoms with van der Waals surface area (Å²) >= 11 is 0. The Morgan fingerprint density at radius 2 is 1.74 bits per heavy atom. The van der Waals surface area contributed by atoms with E-state index in [-0.39, 0.29) is 12.8 Å². The first-order valence-electron chi connectivity index (χ1n) is 5.87. The van der Waals surface area contributed by atoms with Gasteiger partial charge in [0.05, 0.1) is 0 Å². The van der Waals surface area contributed by atoms with Crippen molar-refractivity contribution in [2.24, 2.45) is 5.73 Å². The summed E-state index contributed by atoms with van der Waals surface area (Å²) in [4.78, 5) is 21.1. The fourth-order valence-corrected chi connectivity index (χ4v) is 1.62. The van der Waals surface area contributed by atoms with E-state index in [1.165, 1.54) is 0 Å².